The zero-order valence-electron chi connectivity index (χ0n) is 10.4. The van der Waals surface area contributed by atoms with Gasteiger partial charge in [-0.3, -0.25) is 0 Å². The van der Waals surface area contributed by atoms with Gasteiger partial charge in [-0.2, -0.15) is 0 Å². The topological polar surface area (TPSA) is 61.4 Å². The third kappa shape index (κ3) is 4.87. The number of anilines is 1. The predicted molar refractivity (Wildman–Crippen MR) is 69.1 cm³/mol. The van der Waals surface area contributed by atoms with Crippen LogP contribution in [-0.4, -0.2) is 23.8 Å². The van der Waals surface area contributed by atoms with Gasteiger partial charge in [0.15, 0.2) is 0 Å². The molecule has 17 heavy (non-hydrogen) atoms. The molecule has 0 spiro atoms. The van der Waals surface area contributed by atoms with Crippen molar-refractivity contribution in [3.8, 4) is 0 Å². The maximum Gasteiger partial charge on any atom is 0.319 e. The van der Waals surface area contributed by atoms with Gasteiger partial charge in [0.1, 0.15) is 0 Å². The van der Waals surface area contributed by atoms with Crippen molar-refractivity contribution in [2.75, 3.05) is 11.9 Å². The Morgan fingerprint density at radius 1 is 1.41 bits per heavy atom. The van der Waals surface area contributed by atoms with Gasteiger partial charge in [0, 0.05) is 12.2 Å². The van der Waals surface area contributed by atoms with Crippen LogP contribution in [0.4, 0.5) is 10.5 Å². The highest BCUT2D eigenvalue weighted by molar-refractivity contribution is 5.89. The first-order valence-corrected chi connectivity index (χ1v) is 5.92. The average molecular weight is 236 g/mol. The van der Waals surface area contributed by atoms with Crippen LogP contribution < -0.4 is 10.6 Å². The first kappa shape index (κ1) is 13.5. The molecule has 0 aliphatic carbocycles. The lowest BCUT2D eigenvalue weighted by Gasteiger charge is -2.12. The molecule has 0 bridgehead atoms. The number of nitrogens with one attached hydrogen (secondary N) is 2. The highest BCUT2D eigenvalue weighted by atomic mass is 16.3. The Kier molecular flexibility index (Phi) is 5.49. The summed E-state index contributed by atoms with van der Waals surface area (Å²) < 4.78 is 0. The lowest BCUT2D eigenvalue weighted by molar-refractivity contribution is 0.162. The second kappa shape index (κ2) is 6.91. The van der Waals surface area contributed by atoms with E-state index in [1.807, 2.05) is 38.1 Å². The monoisotopic (exact) mass is 236 g/mol. The molecule has 1 rings (SSSR count). The second-order valence-electron chi connectivity index (χ2n) is 4.09. The van der Waals surface area contributed by atoms with Crippen LogP contribution in [0.2, 0.25) is 0 Å². The number of aryl methyl sites for hydroxylation is 1. The fourth-order valence-corrected chi connectivity index (χ4v) is 1.53. The summed E-state index contributed by atoms with van der Waals surface area (Å²) in [4.78, 5) is 11.5. The number of hydrogen-bond acceptors (Lipinski definition) is 2. The zero-order valence-corrected chi connectivity index (χ0v) is 10.4. The fourth-order valence-electron chi connectivity index (χ4n) is 1.53. The number of carbonyl (C=O) groups is 1. The Morgan fingerprint density at radius 3 is 2.76 bits per heavy atom. The van der Waals surface area contributed by atoms with E-state index in [4.69, 9.17) is 0 Å². The SMILES string of the molecule is CCCC(O)CNC(=O)Nc1ccccc1C. The van der Waals surface area contributed by atoms with Gasteiger partial charge < -0.3 is 15.7 Å². The molecule has 1 unspecified atom stereocenters. The average Bonchev–Trinajstić information content (AvgIpc) is 2.30. The lowest BCUT2D eigenvalue weighted by Crippen LogP contribution is -2.35. The Bertz CT molecular complexity index is 366. The van der Waals surface area contributed by atoms with E-state index in [2.05, 4.69) is 10.6 Å². The number of urea groups is 1. The summed E-state index contributed by atoms with van der Waals surface area (Å²) in [6.45, 7) is 4.21. The minimum absolute atomic E-state index is 0.283. The summed E-state index contributed by atoms with van der Waals surface area (Å²) in [6, 6.07) is 7.28. The van der Waals surface area contributed by atoms with Crippen molar-refractivity contribution in [1.82, 2.24) is 5.32 Å². The fraction of sp³-hybridized carbons (Fsp3) is 0.462. The molecule has 0 radical (unpaired) electrons. The molecule has 1 atom stereocenters. The van der Waals surface area contributed by atoms with Gasteiger partial charge >= 0.3 is 6.03 Å². The van der Waals surface area contributed by atoms with Crippen LogP contribution in [0.3, 0.4) is 0 Å². The van der Waals surface area contributed by atoms with E-state index in [1.54, 1.807) is 0 Å². The Hall–Kier alpha value is -1.55. The van der Waals surface area contributed by atoms with Gasteiger partial charge in [0.2, 0.25) is 0 Å². The van der Waals surface area contributed by atoms with Gasteiger partial charge in [-0.05, 0) is 25.0 Å². The van der Waals surface area contributed by atoms with E-state index < -0.39 is 6.10 Å². The molecule has 0 aliphatic rings. The molecule has 1 aromatic rings. The number of carbonyl (C=O) groups excluding carboxylic acids is 1. The van der Waals surface area contributed by atoms with Gasteiger partial charge in [-0.1, -0.05) is 31.5 Å². The van der Waals surface area contributed by atoms with Crippen LogP contribution in [0.1, 0.15) is 25.3 Å². The summed E-state index contributed by atoms with van der Waals surface area (Å²) in [7, 11) is 0. The lowest BCUT2D eigenvalue weighted by atomic mass is 10.2. The molecule has 2 amide bonds. The summed E-state index contributed by atoms with van der Waals surface area (Å²) >= 11 is 0. The number of aliphatic hydroxyl groups is 1. The van der Waals surface area contributed by atoms with E-state index >= 15 is 0 Å². The van der Waals surface area contributed by atoms with E-state index in [0.717, 1.165) is 17.7 Å². The molecule has 0 fully saturated rings. The minimum Gasteiger partial charge on any atom is -0.391 e. The number of benzene rings is 1. The van der Waals surface area contributed by atoms with Crippen LogP contribution in [0.5, 0.6) is 0 Å². The molecule has 0 aromatic heterocycles. The summed E-state index contributed by atoms with van der Waals surface area (Å²) in [6.07, 6.45) is 1.13. The molecule has 0 heterocycles. The van der Waals surface area contributed by atoms with Crippen molar-refractivity contribution in [3.05, 3.63) is 29.8 Å². The van der Waals surface area contributed by atoms with Gasteiger partial charge in [-0.15, -0.1) is 0 Å². The van der Waals surface area contributed by atoms with Crippen molar-refractivity contribution >= 4 is 11.7 Å². The molecule has 0 saturated heterocycles. The maximum absolute atomic E-state index is 11.5. The molecule has 3 N–H and O–H groups in total. The number of para-hydroxylation sites is 1. The van der Waals surface area contributed by atoms with E-state index in [-0.39, 0.29) is 12.6 Å². The number of aliphatic hydroxyl groups excluding tert-OH is 1. The standard InChI is InChI=1S/C13H20N2O2/c1-3-6-11(16)9-14-13(17)15-12-8-5-4-7-10(12)2/h4-5,7-8,11,16H,3,6,9H2,1-2H3,(H2,14,15,17). The van der Waals surface area contributed by atoms with Gasteiger partial charge in [-0.25, -0.2) is 4.79 Å². The largest absolute Gasteiger partial charge is 0.391 e. The first-order valence-electron chi connectivity index (χ1n) is 5.92. The molecule has 4 nitrogen and oxygen atoms in total. The van der Waals surface area contributed by atoms with Crippen LogP contribution in [0.15, 0.2) is 24.3 Å². The molecule has 94 valence electrons. The summed E-state index contributed by atoms with van der Waals surface area (Å²) in [5.74, 6) is 0. The zero-order chi connectivity index (χ0) is 12.7. The van der Waals surface area contributed by atoms with Crippen molar-refractivity contribution in [1.29, 1.82) is 0 Å². The summed E-state index contributed by atoms with van der Waals surface area (Å²) in [5.41, 5.74) is 1.80. The quantitative estimate of drug-likeness (QED) is 0.734. The number of rotatable bonds is 5. The number of amides is 2. The Balaban J connectivity index is 2.37. The van der Waals surface area contributed by atoms with Crippen molar-refractivity contribution in [2.45, 2.75) is 32.8 Å². The smallest absolute Gasteiger partial charge is 0.319 e. The third-order valence-corrected chi connectivity index (χ3v) is 2.51. The normalized spacial score (nSPS) is 11.9. The van der Waals surface area contributed by atoms with E-state index in [1.165, 1.54) is 0 Å². The molecular weight excluding hydrogens is 216 g/mol. The highest BCUT2D eigenvalue weighted by Gasteiger charge is 2.06. The molecule has 1 aromatic carbocycles. The Labute approximate surface area is 102 Å². The molecule has 4 heteroatoms. The van der Waals surface area contributed by atoms with Crippen molar-refractivity contribution in [3.63, 3.8) is 0 Å². The summed E-state index contributed by atoms with van der Waals surface area (Å²) in [5, 5.41) is 14.9. The van der Waals surface area contributed by atoms with Crippen LogP contribution in [-0.2, 0) is 0 Å². The highest BCUT2D eigenvalue weighted by Crippen LogP contribution is 2.12. The van der Waals surface area contributed by atoms with E-state index in [0.29, 0.717) is 6.42 Å². The van der Waals surface area contributed by atoms with Gasteiger partial charge in [0.25, 0.3) is 0 Å². The van der Waals surface area contributed by atoms with Crippen molar-refractivity contribution in [2.24, 2.45) is 0 Å². The molecule has 0 aliphatic heterocycles. The predicted octanol–water partition coefficient (Wildman–Crippen LogP) is 2.28. The maximum atomic E-state index is 11.5. The first-order chi connectivity index (χ1) is 8.13. The second-order valence-corrected chi connectivity index (χ2v) is 4.09. The Morgan fingerprint density at radius 2 is 2.12 bits per heavy atom. The van der Waals surface area contributed by atoms with Crippen LogP contribution >= 0.6 is 0 Å². The third-order valence-electron chi connectivity index (χ3n) is 2.51. The van der Waals surface area contributed by atoms with Crippen LogP contribution in [0.25, 0.3) is 0 Å². The van der Waals surface area contributed by atoms with E-state index in [9.17, 15) is 9.90 Å². The number of hydrogen-bond donors (Lipinski definition) is 3. The van der Waals surface area contributed by atoms with Crippen LogP contribution in [0, 0.1) is 6.92 Å². The van der Waals surface area contributed by atoms with Crippen molar-refractivity contribution < 1.29 is 9.90 Å². The van der Waals surface area contributed by atoms with Gasteiger partial charge in [0.05, 0.1) is 6.10 Å². The molecular formula is C13H20N2O2. The molecule has 0 saturated carbocycles. The minimum atomic E-state index is -0.470.